The average Bonchev–Trinajstić information content (AvgIpc) is 2.67. The van der Waals surface area contributed by atoms with Crippen molar-refractivity contribution in [2.45, 2.75) is 25.7 Å². The van der Waals surface area contributed by atoms with E-state index in [1.807, 2.05) is 0 Å². The summed E-state index contributed by atoms with van der Waals surface area (Å²) < 4.78 is 15.7. The van der Waals surface area contributed by atoms with Gasteiger partial charge in [0.25, 0.3) is 0 Å². The van der Waals surface area contributed by atoms with Crippen LogP contribution in [0.25, 0.3) is 0 Å². The van der Waals surface area contributed by atoms with Gasteiger partial charge in [-0.05, 0) is 31.4 Å². The maximum Gasteiger partial charge on any atom is 0.306 e. The van der Waals surface area contributed by atoms with Gasteiger partial charge in [0, 0.05) is 31.3 Å². The third kappa shape index (κ3) is 4.66. The van der Waals surface area contributed by atoms with Gasteiger partial charge in [0.2, 0.25) is 5.91 Å². The molecule has 1 aliphatic carbocycles. The Labute approximate surface area is 153 Å². The Hall–Kier alpha value is -2.28. The number of hydrogen-bond acceptors (Lipinski definition) is 5. The van der Waals surface area contributed by atoms with Gasteiger partial charge in [0.15, 0.2) is 11.5 Å². The maximum atomic E-state index is 13.1. The molecule has 2 rings (SSSR count). The minimum Gasteiger partial charge on any atom is -0.493 e. The lowest BCUT2D eigenvalue weighted by Gasteiger charge is -2.31. The van der Waals surface area contributed by atoms with E-state index in [9.17, 15) is 14.7 Å². The van der Waals surface area contributed by atoms with Gasteiger partial charge in [-0.1, -0.05) is 6.42 Å². The fraction of sp³-hybridized carbons (Fsp3) is 0.579. The predicted octanol–water partition coefficient (Wildman–Crippen LogP) is 2.57. The van der Waals surface area contributed by atoms with E-state index in [4.69, 9.17) is 14.2 Å². The molecule has 0 aromatic heterocycles. The van der Waals surface area contributed by atoms with Crippen LogP contribution in [0.5, 0.6) is 11.5 Å². The molecule has 7 nitrogen and oxygen atoms in total. The summed E-state index contributed by atoms with van der Waals surface area (Å²) in [6.45, 7) is 0.772. The Morgan fingerprint density at radius 1 is 1.12 bits per heavy atom. The third-order valence-corrected chi connectivity index (χ3v) is 4.84. The van der Waals surface area contributed by atoms with Crippen molar-refractivity contribution in [2.75, 3.05) is 39.4 Å². The predicted molar refractivity (Wildman–Crippen MR) is 96.9 cm³/mol. The Kier molecular flexibility index (Phi) is 7.26. The highest BCUT2D eigenvalue weighted by Gasteiger charge is 2.34. The number of carboxylic acid groups (broad SMARTS) is 1. The molecule has 1 N–H and O–H groups in total. The Morgan fingerprint density at radius 2 is 1.81 bits per heavy atom. The first-order valence-electron chi connectivity index (χ1n) is 8.77. The number of carbonyl (C=O) groups excluding carboxylic acids is 1. The van der Waals surface area contributed by atoms with Gasteiger partial charge in [0.1, 0.15) is 0 Å². The van der Waals surface area contributed by atoms with Crippen LogP contribution >= 0.6 is 0 Å². The lowest BCUT2D eigenvalue weighted by atomic mass is 9.80. The van der Waals surface area contributed by atoms with Crippen LogP contribution in [-0.4, -0.2) is 51.5 Å². The fourth-order valence-corrected chi connectivity index (χ4v) is 3.40. The molecule has 144 valence electrons. The van der Waals surface area contributed by atoms with Gasteiger partial charge in [-0.2, -0.15) is 0 Å². The Balaban J connectivity index is 2.26. The van der Waals surface area contributed by atoms with Gasteiger partial charge in [0.05, 0.1) is 26.7 Å². The van der Waals surface area contributed by atoms with Crippen molar-refractivity contribution in [3.63, 3.8) is 0 Å². The van der Waals surface area contributed by atoms with E-state index in [0.717, 1.165) is 6.42 Å². The van der Waals surface area contributed by atoms with Gasteiger partial charge in [-0.15, -0.1) is 0 Å². The molecular formula is C19H27NO6. The molecule has 0 spiro atoms. The van der Waals surface area contributed by atoms with Crippen LogP contribution in [-0.2, 0) is 14.3 Å². The summed E-state index contributed by atoms with van der Waals surface area (Å²) in [5.74, 6) is -0.522. The quantitative estimate of drug-likeness (QED) is 0.762. The second-order valence-corrected chi connectivity index (χ2v) is 6.42. The third-order valence-electron chi connectivity index (χ3n) is 4.84. The molecule has 0 radical (unpaired) electrons. The van der Waals surface area contributed by atoms with Crippen molar-refractivity contribution >= 4 is 17.6 Å². The van der Waals surface area contributed by atoms with E-state index in [0.29, 0.717) is 49.6 Å². The van der Waals surface area contributed by atoms with Gasteiger partial charge < -0.3 is 24.2 Å². The molecule has 0 saturated heterocycles. The number of ether oxygens (including phenoxy) is 3. The number of nitrogens with zero attached hydrogens (tertiary/aromatic N) is 1. The van der Waals surface area contributed by atoms with Crippen LogP contribution in [0.4, 0.5) is 5.69 Å². The highest BCUT2D eigenvalue weighted by atomic mass is 16.5. The molecule has 0 aliphatic heterocycles. The van der Waals surface area contributed by atoms with Crippen molar-refractivity contribution in [3.05, 3.63) is 18.2 Å². The number of methoxy groups -OCH3 is 3. The number of anilines is 1. The van der Waals surface area contributed by atoms with E-state index in [1.54, 1.807) is 44.4 Å². The molecule has 26 heavy (non-hydrogen) atoms. The fourth-order valence-electron chi connectivity index (χ4n) is 3.40. The average molecular weight is 365 g/mol. The molecule has 0 bridgehead atoms. The molecule has 2 atom stereocenters. The second-order valence-electron chi connectivity index (χ2n) is 6.42. The maximum absolute atomic E-state index is 13.1. The first kappa shape index (κ1) is 20.0. The Morgan fingerprint density at radius 3 is 2.42 bits per heavy atom. The van der Waals surface area contributed by atoms with Crippen molar-refractivity contribution in [1.82, 2.24) is 0 Å². The number of amides is 1. The monoisotopic (exact) mass is 365 g/mol. The van der Waals surface area contributed by atoms with E-state index in [1.165, 1.54) is 0 Å². The molecule has 7 heteroatoms. The SMILES string of the molecule is COCCN(C(=O)C1CCCC(C(=O)O)C1)c1ccc(OC)c(OC)c1. The number of aliphatic carboxylic acids is 1. The molecule has 2 unspecified atom stereocenters. The number of carboxylic acids is 1. The van der Waals surface area contributed by atoms with Crippen LogP contribution in [0.2, 0.25) is 0 Å². The molecule has 1 fully saturated rings. The molecule has 1 aromatic rings. The van der Waals surface area contributed by atoms with Crippen molar-refractivity contribution in [2.24, 2.45) is 11.8 Å². The Bertz CT molecular complexity index is 632. The van der Waals surface area contributed by atoms with E-state index >= 15 is 0 Å². The number of benzene rings is 1. The molecule has 1 amide bonds. The molecule has 0 heterocycles. The zero-order chi connectivity index (χ0) is 19.1. The minimum atomic E-state index is -0.822. The first-order chi connectivity index (χ1) is 12.5. The number of hydrogen-bond donors (Lipinski definition) is 1. The summed E-state index contributed by atoms with van der Waals surface area (Å²) in [4.78, 5) is 26.1. The van der Waals surface area contributed by atoms with Gasteiger partial charge in [-0.3, -0.25) is 9.59 Å². The smallest absolute Gasteiger partial charge is 0.306 e. The van der Waals surface area contributed by atoms with Crippen LogP contribution in [0, 0.1) is 11.8 Å². The number of carbonyl (C=O) groups is 2. The zero-order valence-electron chi connectivity index (χ0n) is 15.6. The highest BCUT2D eigenvalue weighted by molar-refractivity contribution is 5.95. The summed E-state index contributed by atoms with van der Waals surface area (Å²) in [6, 6.07) is 5.30. The lowest BCUT2D eigenvalue weighted by Crippen LogP contribution is -2.41. The normalized spacial score (nSPS) is 19.7. The standard InChI is InChI=1S/C19H27NO6/c1-24-10-9-20(15-7-8-16(25-2)17(12-15)26-3)18(21)13-5-4-6-14(11-13)19(22)23/h7-8,12-14H,4-6,9-11H2,1-3H3,(H,22,23). The van der Waals surface area contributed by atoms with Gasteiger partial charge in [-0.25, -0.2) is 0 Å². The highest BCUT2D eigenvalue weighted by Crippen LogP contribution is 2.35. The van der Waals surface area contributed by atoms with Crippen LogP contribution in [0.1, 0.15) is 25.7 Å². The topological polar surface area (TPSA) is 85.3 Å². The molecule has 1 aromatic carbocycles. The van der Waals surface area contributed by atoms with Crippen LogP contribution < -0.4 is 14.4 Å². The molecule has 1 aliphatic rings. The van der Waals surface area contributed by atoms with Crippen molar-refractivity contribution in [3.8, 4) is 11.5 Å². The summed E-state index contributed by atoms with van der Waals surface area (Å²) in [5, 5.41) is 9.29. The molecule has 1 saturated carbocycles. The van der Waals surface area contributed by atoms with Gasteiger partial charge >= 0.3 is 5.97 Å². The largest absolute Gasteiger partial charge is 0.493 e. The first-order valence-corrected chi connectivity index (χ1v) is 8.77. The summed E-state index contributed by atoms with van der Waals surface area (Å²) >= 11 is 0. The molecular weight excluding hydrogens is 338 g/mol. The van der Waals surface area contributed by atoms with E-state index in [2.05, 4.69) is 0 Å². The van der Waals surface area contributed by atoms with Crippen molar-refractivity contribution in [1.29, 1.82) is 0 Å². The number of rotatable bonds is 8. The van der Waals surface area contributed by atoms with Crippen LogP contribution in [0.3, 0.4) is 0 Å². The zero-order valence-corrected chi connectivity index (χ0v) is 15.6. The lowest BCUT2D eigenvalue weighted by molar-refractivity contribution is -0.143. The minimum absolute atomic E-state index is 0.0692. The van der Waals surface area contributed by atoms with Crippen LogP contribution in [0.15, 0.2) is 18.2 Å². The second kappa shape index (κ2) is 9.43. The summed E-state index contributed by atoms with van der Waals surface area (Å²) in [6.07, 6.45) is 2.47. The van der Waals surface area contributed by atoms with E-state index < -0.39 is 11.9 Å². The van der Waals surface area contributed by atoms with E-state index in [-0.39, 0.29) is 11.8 Å². The summed E-state index contributed by atoms with van der Waals surface area (Å²) in [5.41, 5.74) is 0.683. The van der Waals surface area contributed by atoms with Crippen molar-refractivity contribution < 1.29 is 28.9 Å². The summed E-state index contributed by atoms with van der Waals surface area (Å²) in [7, 11) is 4.68.